The van der Waals surface area contributed by atoms with Gasteiger partial charge in [-0.05, 0) is 26.4 Å². The highest BCUT2D eigenvalue weighted by molar-refractivity contribution is 4.96. The molecule has 0 amide bonds. The average molecular weight is 281 g/mol. The Labute approximate surface area is 121 Å². The van der Waals surface area contributed by atoms with E-state index in [0.29, 0.717) is 17.9 Å². The van der Waals surface area contributed by atoms with Crippen molar-refractivity contribution in [1.82, 2.24) is 19.9 Å². The molecule has 0 saturated carbocycles. The molecule has 0 radical (unpaired) electrons. The topological polar surface area (TPSA) is 71.4 Å². The lowest BCUT2D eigenvalue weighted by molar-refractivity contribution is 0.113. The van der Waals surface area contributed by atoms with E-state index in [4.69, 9.17) is 10.3 Å². The van der Waals surface area contributed by atoms with Crippen molar-refractivity contribution in [2.45, 2.75) is 38.8 Å². The molecule has 6 nitrogen and oxygen atoms in total. The first-order chi connectivity index (χ1) is 9.45. The molecular weight excluding hydrogens is 254 g/mol. The molecule has 6 heteroatoms. The molecule has 114 valence electrons. The van der Waals surface area contributed by atoms with Crippen molar-refractivity contribution in [3.8, 4) is 0 Å². The molecule has 1 aromatic heterocycles. The second-order valence-electron chi connectivity index (χ2n) is 6.39. The third-order valence-corrected chi connectivity index (χ3v) is 3.92. The molecule has 2 rings (SSSR count). The fourth-order valence-corrected chi connectivity index (χ4v) is 2.64. The second-order valence-corrected chi connectivity index (χ2v) is 6.39. The van der Waals surface area contributed by atoms with E-state index in [-0.39, 0.29) is 6.04 Å². The molecule has 1 unspecified atom stereocenters. The van der Waals surface area contributed by atoms with Crippen molar-refractivity contribution < 1.29 is 4.52 Å². The number of piperazine rings is 1. The van der Waals surface area contributed by atoms with E-state index < -0.39 is 0 Å². The Morgan fingerprint density at radius 3 is 2.80 bits per heavy atom. The normalized spacial score (nSPS) is 23.4. The largest absolute Gasteiger partial charge is 0.338 e. The molecule has 1 fully saturated rings. The van der Waals surface area contributed by atoms with Gasteiger partial charge in [0.25, 0.3) is 0 Å². The molecule has 2 N–H and O–H groups in total. The summed E-state index contributed by atoms with van der Waals surface area (Å²) >= 11 is 0. The van der Waals surface area contributed by atoms with E-state index in [9.17, 15) is 0 Å². The maximum Gasteiger partial charge on any atom is 0.243 e. The third-order valence-electron chi connectivity index (χ3n) is 3.92. The maximum absolute atomic E-state index is 6.08. The van der Waals surface area contributed by atoms with Gasteiger partial charge in [0.1, 0.15) is 0 Å². The molecule has 2 atom stereocenters. The van der Waals surface area contributed by atoms with Gasteiger partial charge in [-0.25, -0.2) is 0 Å². The smallest absolute Gasteiger partial charge is 0.243 e. The van der Waals surface area contributed by atoms with Gasteiger partial charge in [0.15, 0.2) is 5.82 Å². The molecular formula is C14H27N5O. The predicted octanol–water partition coefficient (Wildman–Crippen LogP) is 0.904. The van der Waals surface area contributed by atoms with Crippen LogP contribution < -0.4 is 5.73 Å². The minimum absolute atomic E-state index is 0.150. The molecule has 2 heterocycles. The number of hydrogen-bond acceptors (Lipinski definition) is 6. The van der Waals surface area contributed by atoms with Gasteiger partial charge in [-0.3, -0.25) is 0 Å². The molecule has 0 aliphatic carbocycles. The quantitative estimate of drug-likeness (QED) is 0.865. The zero-order chi connectivity index (χ0) is 14.7. The lowest BCUT2D eigenvalue weighted by atomic mass is 10.0. The van der Waals surface area contributed by atoms with Crippen molar-refractivity contribution in [1.29, 1.82) is 0 Å². The molecule has 0 aromatic carbocycles. The fourth-order valence-electron chi connectivity index (χ4n) is 2.64. The number of hydrogen-bond donors (Lipinski definition) is 1. The van der Waals surface area contributed by atoms with Gasteiger partial charge in [0.2, 0.25) is 5.89 Å². The highest BCUT2D eigenvalue weighted by Crippen LogP contribution is 2.18. The summed E-state index contributed by atoms with van der Waals surface area (Å²) in [6.07, 6.45) is 1.69. The van der Waals surface area contributed by atoms with Crippen LogP contribution in [0.1, 0.15) is 38.0 Å². The molecule has 20 heavy (non-hydrogen) atoms. The van der Waals surface area contributed by atoms with Crippen molar-refractivity contribution in [2.75, 3.05) is 33.7 Å². The predicted molar refractivity (Wildman–Crippen MR) is 78.3 cm³/mol. The minimum atomic E-state index is -0.150. The van der Waals surface area contributed by atoms with Crippen LogP contribution in [0, 0.1) is 5.92 Å². The second kappa shape index (κ2) is 6.65. The Balaban J connectivity index is 1.95. The summed E-state index contributed by atoms with van der Waals surface area (Å²) in [7, 11) is 4.31. The standard InChI is InChI=1S/C14H27N5O/c1-10(2)7-12(15)14-16-13(17-20-14)8-11-9-18(3)5-6-19(11)4/h10-12H,5-9,15H2,1-4H3/t11?,12-/m1/s1. The highest BCUT2D eigenvalue weighted by Gasteiger charge is 2.25. The number of rotatable bonds is 5. The zero-order valence-corrected chi connectivity index (χ0v) is 13.0. The molecule has 1 saturated heterocycles. The molecule has 1 aliphatic heterocycles. The SMILES string of the molecule is CC(C)C[C@@H](N)c1nc(CC2CN(C)CCN2C)no1. The Kier molecular flexibility index (Phi) is 5.12. The van der Waals surface area contributed by atoms with E-state index in [1.165, 1.54) is 0 Å². The van der Waals surface area contributed by atoms with E-state index in [1.54, 1.807) is 0 Å². The van der Waals surface area contributed by atoms with E-state index in [0.717, 1.165) is 38.3 Å². The highest BCUT2D eigenvalue weighted by atomic mass is 16.5. The van der Waals surface area contributed by atoms with Gasteiger partial charge in [-0.1, -0.05) is 19.0 Å². The fraction of sp³-hybridized carbons (Fsp3) is 0.857. The lowest BCUT2D eigenvalue weighted by Crippen LogP contribution is -2.50. The summed E-state index contributed by atoms with van der Waals surface area (Å²) in [5, 5.41) is 4.09. The van der Waals surface area contributed by atoms with Gasteiger partial charge >= 0.3 is 0 Å². The zero-order valence-electron chi connectivity index (χ0n) is 13.0. The Morgan fingerprint density at radius 2 is 2.10 bits per heavy atom. The van der Waals surface area contributed by atoms with E-state index >= 15 is 0 Å². The summed E-state index contributed by atoms with van der Waals surface area (Å²) in [5.74, 6) is 1.87. The number of likely N-dealkylation sites (N-methyl/N-ethyl adjacent to an activating group) is 2. The van der Waals surface area contributed by atoms with Crippen LogP contribution >= 0.6 is 0 Å². The summed E-state index contributed by atoms with van der Waals surface area (Å²) in [6, 6.07) is 0.295. The average Bonchev–Trinajstić information content (AvgIpc) is 2.82. The molecule has 0 bridgehead atoms. The van der Waals surface area contributed by atoms with Crippen LogP contribution in [-0.2, 0) is 6.42 Å². The van der Waals surface area contributed by atoms with E-state index in [2.05, 4.69) is 47.9 Å². The van der Waals surface area contributed by atoms with E-state index in [1.807, 2.05) is 0 Å². The molecule has 1 aromatic rings. The van der Waals surface area contributed by atoms with Crippen LogP contribution in [0.2, 0.25) is 0 Å². The monoisotopic (exact) mass is 281 g/mol. The van der Waals surface area contributed by atoms with Gasteiger partial charge < -0.3 is 20.1 Å². The van der Waals surface area contributed by atoms with Crippen LogP contribution in [0.4, 0.5) is 0 Å². The van der Waals surface area contributed by atoms with Crippen LogP contribution in [0.3, 0.4) is 0 Å². The van der Waals surface area contributed by atoms with Crippen molar-refractivity contribution in [3.63, 3.8) is 0 Å². The van der Waals surface area contributed by atoms with Crippen LogP contribution in [0.25, 0.3) is 0 Å². The first kappa shape index (κ1) is 15.4. The van der Waals surface area contributed by atoms with Crippen LogP contribution in [0.15, 0.2) is 4.52 Å². The van der Waals surface area contributed by atoms with Crippen LogP contribution in [-0.4, -0.2) is 59.7 Å². The first-order valence-corrected chi connectivity index (χ1v) is 7.42. The number of aromatic nitrogens is 2. The lowest BCUT2D eigenvalue weighted by Gasteiger charge is -2.37. The van der Waals surface area contributed by atoms with Gasteiger partial charge in [0.05, 0.1) is 6.04 Å². The maximum atomic E-state index is 6.08. The van der Waals surface area contributed by atoms with Gasteiger partial charge in [-0.2, -0.15) is 4.98 Å². The van der Waals surface area contributed by atoms with Crippen molar-refractivity contribution >= 4 is 0 Å². The summed E-state index contributed by atoms with van der Waals surface area (Å²) in [5.41, 5.74) is 6.08. The Bertz CT molecular complexity index is 419. The molecule has 1 aliphatic rings. The minimum Gasteiger partial charge on any atom is -0.338 e. The van der Waals surface area contributed by atoms with Crippen LogP contribution in [0.5, 0.6) is 0 Å². The number of nitrogens with zero attached hydrogens (tertiary/aromatic N) is 4. The first-order valence-electron chi connectivity index (χ1n) is 7.42. The molecule has 0 spiro atoms. The third kappa shape index (κ3) is 4.01. The van der Waals surface area contributed by atoms with Crippen molar-refractivity contribution in [3.05, 3.63) is 11.7 Å². The number of nitrogens with two attached hydrogens (primary N) is 1. The summed E-state index contributed by atoms with van der Waals surface area (Å²) in [6.45, 7) is 7.52. The van der Waals surface area contributed by atoms with Gasteiger partial charge in [-0.15, -0.1) is 0 Å². The Hall–Kier alpha value is -0.980. The summed E-state index contributed by atoms with van der Waals surface area (Å²) < 4.78 is 5.31. The van der Waals surface area contributed by atoms with Crippen molar-refractivity contribution in [2.24, 2.45) is 11.7 Å². The Morgan fingerprint density at radius 1 is 1.35 bits per heavy atom. The summed E-state index contributed by atoms with van der Waals surface area (Å²) in [4.78, 5) is 9.18. The van der Waals surface area contributed by atoms with Gasteiger partial charge in [0, 0.05) is 32.1 Å².